The van der Waals surface area contributed by atoms with Gasteiger partial charge in [0.15, 0.2) is 0 Å². The molecule has 18 heavy (non-hydrogen) atoms. The number of rotatable bonds is 4. The SMILES string of the molecule is Cc1cccc(F)c1NCc1ccn(C(C)C)n1. The molecule has 0 saturated carbocycles. The number of benzene rings is 1. The molecule has 0 spiro atoms. The van der Waals surface area contributed by atoms with Gasteiger partial charge in [0.05, 0.1) is 17.9 Å². The van der Waals surface area contributed by atoms with E-state index >= 15 is 0 Å². The molecule has 0 aliphatic carbocycles. The number of nitrogens with zero attached hydrogens (tertiary/aromatic N) is 2. The van der Waals surface area contributed by atoms with E-state index < -0.39 is 0 Å². The van der Waals surface area contributed by atoms with Crippen molar-refractivity contribution in [3.8, 4) is 0 Å². The molecule has 0 bridgehead atoms. The van der Waals surface area contributed by atoms with Crippen molar-refractivity contribution >= 4 is 5.69 Å². The maximum Gasteiger partial charge on any atom is 0.146 e. The van der Waals surface area contributed by atoms with E-state index in [9.17, 15) is 4.39 Å². The summed E-state index contributed by atoms with van der Waals surface area (Å²) in [6.45, 7) is 6.57. The Morgan fingerprint density at radius 2 is 2.11 bits per heavy atom. The first-order valence-corrected chi connectivity index (χ1v) is 6.11. The Balaban J connectivity index is 2.07. The van der Waals surface area contributed by atoms with E-state index in [0.29, 0.717) is 18.3 Å². The van der Waals surface area contributed by atoms with Crippen molar-refractivity contribution in [2.24, 2.45) is 0 Å². The summed E-state index contributed by atoms with van der Waals surface area (Å²) < 4.78 is 15.5. The van der Waals surface area contributed by atoms with Crippen LogP contribution < -0.4 is 5.32 Å². The average molecular weight is 247 g/mol. The fourth-order valence-electron chi connectivity index (χ4n) is 1.79. The molecule has 0 aliphatic rings. The summed E-state index contributed by atoms with van der Waals surface area (Å²) in [5.41, 5.74) is 2.36. The molecule has 1 N–H and O–H groups in total. The number of halogens is 1. The second kappa shape index (κ2) is 5.21. The van der Waals surface area contributed by atoms with Crippen LogP contribution in [0.1, 0.15) is 31.1 Å². The quantitative estimate of drug-likeness (QED) is 0.895. The lowest BCUT2D eigenvalue weighted by Gasteiger charge is -2.09. The van der Waals surface area contributed by atoms with Gasteiger partial charge >= 0.3 is 0 Å². The number of aromatic nitrogens is 2. The molecular formula is C14H18FN3. The molecule has 1 heterocycles. The standard InChI is InChI=1S/C14H18FN3/c1-10(2)18-8-7-12(17-18)9-16-14-11(3)5-4-6-13(14)15/h4-8,10,16H,9H2,1-3H3. The molecule has 0 unspecified atom stereocenters. The van der Waals surface area contributed by atoms with Gasteiger partial charge in [0.25, 0.3) is 0 Å². The van der Waals surface area contributed by atoms with Crippen molar-refractivity contribution in [2.45, 2.75) is 33.4 Å². The van der Waals surface area contributed by atoms with Crippen molar-refractivity contribution in [3.63, 3.8) is 0 Å². The maximum atomic E-state index is 13.6. The predicted molar refractivity (Wildman–Crippen MR) is 71.1 cm³/mol. The Hall–Kier alpha value is -1.84. The van der Waals surface area contributed by atoms with Gasteiger partial charge in [0, 0.05) is 12.2 Å². The van der Waals surface area contributed by atoms with Gasteiger partial charge in [-0.25, -0.2) is 4.39 Å². The normalized spacial score (nSPS) is 10.9. The molecule has 1 aromatic carbocycles. The Labute approximate surface area is 107 Å². The monoisotopic (exact) mass is 247 g/mol. The summed E-state index contributed by atoms with van der Waals surface area (Å²) in [6.07, 6.45) is 1.94. The summed E-state index contributed by atoms with van der Waals surface area (Å²) in [4.78, 5) is 0. The van der Waals surface area contributed by atoms with Crippen molar-refractivity contribution in [1.82, 2.24) is 9.78 Å². The smallest absolute Gasteiger partial charge is 0.146 e. The van der Waals surface area contributed by atoms with Crippen molar-refractivity contribution < 1.29 is 4.39 Å². The van der Waals surface area contributed by atoms with E-state index in [1.165, 1.54) is 6.07 Å². The van der Waals surface area contributed by atoms with Crippen molar-refractivity contribution in [3.05, 3.63) is 47.5 Å². The van der Waals surface area contributed by atoms with Crippen LogP contribution in [0.25, 0.3) is 0 Å². The molecular weight excluding hydrogens is 229 g/mol. The molecule has 2 rings (SSSR count). The lowest BCUT2D eigenvalue weighted by molar-refractivity contribution is 0.527. The zero-order chi connectivity index (χ0) is 13.1. The highest BCUT2D eigenvalue weighted by Crippen LogP contribution is 2.19. The van der Waals surface area contributed by atoms with Gasteiger partial charge < -0.3 is 5.32 Å². The Kier molecular flexibility index (Phi) is 3.65. The second-order valence-electron chi connectivity index (χ2n) is 4.67. The van der Waals surface area contributed by atoms with Crippen LogP contribution in [0.4, 0.5) is 10.1 Å². The van der Waals surface area contributed by atoms with E-state index in [1.807, 2.05) is 29.9 Å². The van der Waals surface area contributed by atoms with E-state index in [1.54, 1.807) is 6.07 Å². The van der Waals surface area contributed by atoms with Gasteiger partial charge in [-0.05, 0) is 38.5 Å². The van der Waals surface area contributed by atoms with E-state index in [2.05, 4.69) is 24.3 Å². The van der Waals surface area contributed by atoms with Gasteiger partial charge in [-0.15, -0.1) is 0 Å². The third kappa shape index (κ3) is 2.70. The molecule has 0 saturated heterocycles. The first-order valence-electron chi connectivity index (χ1n) is 6.11. The van der Waals surface area contributed by atoms with Gasteiger partial charge in [0.2, 0.25) is 0 Å². The van der Waals surface area contributed by atoms with E-state index in [-0.39, 0.29) is 5.82 Å². The minimum atomic E-state index is -0.224. The first kappa shape index (κ1) is 12.6. The second-order valence-corrected chi connectivity index (χ2v) is 4.67. The topological polar surface area (TPSA) is 29.9 Å². The summed E-state index contributed by atoms with van der Waals surface area (Å²) in [5.74, 6) is -0.224. The molecule has 0 amide bonds. The number of hydrogen-bond donors (Lipinski definition) is 1. The fraction of sp³-hybridized carbons (Fsp3) is 0.357. The van der Waals surface area contributed by atoms with Crippen LogP contribution >= 0.6 is 0 Å². The fourth-order valence-corrected chi connectivity index (χ4v) is 1.79. The van der Waals surface area contributed by atoms with Crippen LogP contribution in [0, 0.1) is 12.7 Å². The molecule has 0 atom stereocenters. The number of aryl methyl sites for hydroxylation is 1. The molecule has 96 valence electrons. The minimum absolute atomic E-state index is 0.224. The minimum Gasteiger partial charge on any atom is -0.377 e. The largest absolute Gasteiger partial charge is 0.377 e. The Bertz CT molecular complexity index is 511. The van der Waals surface area contributed by atoms with Gasteiger partial charge in [-0.3, -0.25) is 4.68 Å². The summed E-state index contributed by atoms with van der Waals surface area (Å²) in [5, 5.41) is 7.51. The maximum absolute atomic E-state index is 13.6. The predicted octanol–water partition coefficient (Wildman–Crippen LogP) is 3.52. The zero-order valence-electron chi connectivity index (χ0n) is 10.9. The van der Waals surface area contributed by atoms with Crippen molar-refractivity contribution in [1.29, 1.82) is 0 Å². The van der Waals surface area contributed by atoms with Gasteiger partial charge in [-0.1, -0.05) is 12.1 Å². The Morgan fingerprint density at radius 3 is 2.72 bits per heavy atom. The van der Waals surface area contributed by atoms with Crippen LogP contribution in [0.15, 0.2) is 30.5 Å². The summed E-state index contributed by atoms with van der Waals surface area (Å²) in [6, 6.07) is 7.35. The molecule has 3 nitrogen and oxygen atoms in total. The first-order chi connectivity index (χ1) is 8.58. The van der Waals surface area contributed by atoms with Crippen LogP contribution in [0.3, 0.4) is 0 Å². The van der Waals surface area contributed by atoms with Gasteiger partial charge in [-0.2, -0.15) is 5.10 Å². The highest BCUT2D eigenvalue weighted by atomic mass is 19.1. The molecule has 2 aromatic rings. The highest BCUT2D eigenvalue weighted by Gasteiger charge is 2.06. The van der Waals surface area contributed by atoms with Crippen LogP contribution in [0.5, 0.6) is 0 Å². The molecule has 0 aliphatic heterocycles. The average Bonchev–Trinajstić information content (AvgIpc) is 2.77. The van der Waals surface area contributed by atoms with E-state index in [4.69, 9.17) is 0 Å². The lowest BCUT2D eigenvalue weighted by Crippen LogP contribution is -2.06. The molecule has 1 aromatic heterocycles. The summed E-state index contributed by atoms with van der Waals surface area (Å²) in [7, 11) is 0. The zero-order valence-corrected chi connectivity index (χ0v) is 10.9. The van der Waals surface area contributed by atoms with Gasteiger partial charge in [0.1, 0.15) is 5.82 Å². The van der Waals surface area contributed by atoms with E-state index in [0.717, 1.165) is 11.3 Å². The number of hydrogen-bond acceptors (Lipinski definition) is 2. The molecule has 0 fully saturated rings. The third-order valence-electron chi connectivity index (χ3n) is 2.86. The third-order valence-corrected chi connectivity index (χ3v) is 2.86. The van der Waals surface area contributed by atoms with Crippen molar-refractivity contribution in [2.75, 3.05) is 5.32 Å². The molecule has 0 radical (unpaired) electrons. The number of para-hydroxylation sites is 1. The Morgan fingerprint density at radius 1 is 1.33 bits per heavy atom. The highest BCUT2D eigenvalue weighted by molar-refractivity contribution is 5.51. The van der Waals surface area contributed by atoms with Crippen LogP contribution in [-0.4, -0.2) is 9.78 Å². The number of anilines is 1. The van der Waals surface area contributed by atoms with Crippen LogP contribution in [0.2, 0.25) is 0 Å². The van der Waals surface area contributed by atoms with Crippen LogP contribution in [-0.2, 0) is 6.54 Å². The lowest BCUT2D eigenvalue weighted by atomic mass is 10.2. The number of nitrogens with one attached hydrogen (secondary N) is 1. The summed E-state index contributed by atoms with van der Waals surface area (Å²) >= 11 is 0. The molecule has 4 heteroatoms.